The third kappa shape index (κ3) is 2.70. The summed E-state index contributed by atoms with van der Waals surface area (Å²) in [5.74, 6) is -2.84. The van der Waals surface area contributed by atoms with Crippen LogP contribution in [0.3, 0.4) is 0 Å². The highest BCUT2D eigenvalue weighted by molar-refractivity contribution is 5.86. The van der Waals surface area contributed by atoms with Crippen molar-refractivity contribution in [1.82, 2.24) is 0 Å². The smallest absolute Gasteiger partial charge is 0.331 e. The molecule has 0 bridgehead atoms. The molecule has 0 aromatic carbocycles. The topological polar surface area (TPSA) is 98.0 Å². The lowest BCUT2D eigenvalue weighted by atomic mass is 9.58. The monoisotopic (exact) mass is 282 g/mol. The zero-order valence-electron chi connectivity index (χ0n) is 11.6. The highest BCUT2D eigenvalue weighted by atomic mass is 16.4. The first-order valence-electron chi connectivity index (χ1n) is 6.40. The second-order valence-corrected chi connectivity index (χ2v) is 5.62. The molecular formula is C15H22O5. The summed E-state index contributed by atoms with van der Waals surface area (Å²) in [4.78, 5) is 11.1. The first-order chi connectivity index (χ1) is 9.19. The molecule has 1 aliphatic carbocycles. The van der Waals surface area contributed by atoms with Gasteiger partial charge in [-0.2, -0.15) is 0 Å². The summed E-state index contributed by atoms with van der Waals surface area (Å²) in [5.41, 5.74) is -0.532. The van der Waals surface area contributed by atoms with Crippen LogP contribution in [0.5, 0.6) is 0 Å². The number of aliphatic hydroxyl groups is 3. The fourth-order valence-corrected chi connectivity index (χ4v) is 3.13. The summed E-state index contributed by atoms with van der Waals surface area (Å²) in [6.45, 7) is 12.3. The molecule has 1 fully saturated rings. The molecule has 0 saturated heterocycles. The number of carbonyl (C=O) groups is 1. The van der Waals surface area contributed by atoms with Crippen LogP contribution in [0.15, 0.2) is 37.0 Å². The summed E-state index contributed by atoms with van der Waals surface area (Å²) in [7, 11) is 0. The van der Waals surface area contributed by atoms with Crippen molar-refractivity contribution in [2.24, 2.45) is 17.3 Å². The molecule has 5 atom stereocenters. The molecule has 5 nitrogen and oxygen atoms in total. The number of hydrogen-bond donors (Lipinski definition) is 4. The Bertz CT molecular complexity index is 442. The SMILES string of the molecule is C=C[C@]1(C)C[C@H](O)[C@H](C(=C)C(=O)O)[C@H](O)[C@@H]1C(=C)CO. The number of aliphatic carboxylic acids is 1. The molecule has 0 spiro atoms. The Kier molecular flexibility index (Phi) is 4.91. The first kappa shape index (κ1) is 16.6. The fourth-order valence-electron chi connectivity index (χ4n) is 3.13. The van der Waals surface area contributed by atoms with Gasteiger partial charge in [0.25, 0.3) is 0 Å². The number of allylic oxidation sites excluding steroid dienone is 1. The average molecular weight is 282 g/mol. The molecule has 20 heavy (non-hydrogen) atoms. The van der Waals surface area contributed by atoms with Gasteiger partial charge < -0.3 is 20.4 Å². The quantitative estimate of drug-likeness (QED) is 0.440. The number of rotatable bonds is 5. The Morgan fingerprint density at radius 2 is 1.95 bits per heavy atom. The van der Waals surface area contributed by atoms with Crippen LogP contribution in [0.1, 0.15) is 13.3 Å². The standard InChI is InChI=1S/C15H22O5/c1-5-15(4)6-10(17)11(9(3)14(19)20)13(18)12(15)8(2)7-16/h5,10-13,16-18H,1-3,6-7H2,4H3,(H,19,20)/t10-,11-,12-,13-,15+/m0/s1. The van der Waals surface area contributed by atoms with Gasteiger partial charge in [-0.1, -0.05) is 26.2 Å². The summed E-state index contributed by atoms with van der Waals surface area (Å²) in [6, 6.07) is 0. The average Bonchev–Trinajstić information content (AvgIpc) is 2.37. The molecule has 0 radical (unpaired) electrons. The van der Waals surface area contributed by atoms with E-state index in [1.165, 1.54) is 0 Å². The zero-order chi connectivity index (χ0) is 15.7. The molecule has 0 amide bonds. The van der Waals surface area contributed by atoms with Gasteiger partial charge in [-0.05, 0) is 17.4 Å². The van der Waals surface area contributed by atoms with Crippen molar-refractivity contribution >= 4 is 5.97 Å². The Hall–Kier alpha value is -1.43. The molecule has 112 valence electrons. The Balaban J connectivity index is 3.24. The van der Waals surface area contributed by atoms with Crippen molar-refractivity contribution in [2.75, 3.05) is 6.61 Å². The highest BCUT2D eigenvalue weighted by Crippen LogP contribution is 2.49. The summed E-state index contributed by atoms with van der Waals surface area (Å²) >= 11 is 0. The molecule has 0 aromatic heterocycles. The number of hydrogen-bond acceptors (Lipinski definition) is 4. The van der Waals surface area contributed by atoms with Gasteiger partial charge in [0.2, 0.25) is 0 Å². The third-order valence-electron chi connectivity index (χ3n) is 4.27. The van der Waals surface area contributed by atoms with Crippen LogP contribution in [-0.4, -0.2) is 45.2 Å². The maximum absolute atomic E-state index is 11.1. The van der Waals surface area contributed by atoms with Gasteiger partial charge in [0.05, 0.1) is 18.8 Å². The van der Waals surface area contributed by atoms with Gasteiger partial charge in [0.1, 0.15) is 0 Å². The molecule has 1 aliphatic rings. The van der Waals surface area contributed by atoms with Crippen molar-refractivity contribution in [3.05, 3.63) is 37.0 Å². The minimum atomic E-state index is -1.26. The lowest BCUT2D eigenvalue weighted by molar-refractivity contribution is -0.137. The van der Waals surface area contributed by atoms with Crippen LogP contribution in [0.4, 0.5) is 0 Å². The second kappa shape index (κ2) is 5.91. The molecule has 0 unspecified atom stereocenters. The normalized spacial score (nSPS) is 37.2. The summed E-state index contributed by atoms with van der Waals surface area (Å²) < 4.78 is 0. The van der Waals surface area contributed by atoms with Crippen molar-refractivity contribution < 1.29 is 25.2 Å². The van der Waals surface area contributed by atoms with Crippen molar-refractivity contribution in [3.63, 3.8) is 0 Å². The predicted molar refractivity (Wildman–Crippen MR) is 74.9 cm³/mol. The lowest BCUT2D eigenvalue weighted by Crippen LogP contribution is -2.53. The van der Waals surface area contributed by atoms with E-state index in [2.05, 4.69) is 19.7 Å². The third-order valence-corrected chi connectivity index (χ3v) is 4.27. The van der Waals surface area contributed by atoms with Gasteiger partial charge in [0.15, 0.2) is 0 Å². The molecule has 1 rings (SSSR count). The van der Waals surface area contributed by atoms with E-state index < -0.39 is 35.4 Å². The largest absolute Gasteiger partial charge is 0.478 e. The van der Waals surface area contributed by atoms with Gasteiger partial charge in [-0.15, -0.1) is 6.58 Å². The van der Waals surface area contributed by atoms with E-state index in [9.17, 15) is 20.1 Å². The minimum Gasteiger partial charge on any atom is -0.478 e. The molecule has 1 saturated carbocycles. The van der Waals surface area contributed by atoms with E-state index in [1.807, 2.05) is 0 Å². The van der Waals surface area contributed by atoms with Crippen LogP contribution in [0.2, 0.25) is 0 Å². The first-order valence-corrected chi connectivity index (χ1v) is 6.40. The maximum atomic E-state index is 11.1. The van der Waals surface area contributed by atoms with E-state index in [0.29, 0.717) is 5.57 Å². The van der Waals surface area contributed by atoms with Crippen LogP contribution >= 0.6 is 0 Å². The van der Waals surface area contributed by atoms with Gasteiger partial charge >= 0.3 is 5.97 Å². The highest BCUT2D eigenvalue weighted by Gasteiger charge is 2.51. The molecule has 5 heteroatoms. The minimum absolute atomic E-state index is 0.216. The van der Waals surface area contributed by atoms with E-state index >= 15 is 0 Å². The number of carboxylic acid groups (broad SMARTS) is 1. The molecule has 4 N–H and O–H groups in total. The van der Waals surface area contributed by atoms with E-state index in [-0.39, 0.29) is 18.6 Å². The molecule has 0 aromatic rings. The maximum Gasteiger partial charge on any atom is 0.331 e. The Labute approximate surface area is 118 Å². The van der Waals surface area contributed by atoms with Crippen LogP contribution in [0, 0.1) is 17.3 Å². The van der Waals surface area contributed by atoms with Crippen molar-refractivity contribution in [1.29, 1.82) is 0 Å². The number of carboxylic acids is 1. The molecular weight excluding hydrogens is 260 g/mol. The zero-order valence-corrected chi connectivity index (χ0v) is 11.6. The second-order valence-electron chi connectivity index (χ2n) is 5.62. The molecule has 0 aliphatic heterocycles. The van der Waals surface area contributed by atoms with Gasteiger partial charge in [0, 0.05) is 17.4 Å². The Morgan fingerprint density at radius 3 is 2.35 bits per heavy atom. The van der Waals surface area contributed by atoms with Crippen LogP contribution in [-0.2, 0) is 4.79 Å². The number of aliphatic hydroxyl groups excluding tert-OH is 3. The Morgan fingerprint density at radius 1 is 1.40 bits per heavy atom. The summed E-state index contributed by atoms with van der Waals surface area (Å²) in [5, 5.41) is 39.0. The summed E-state index contributed by atoms with van der Waals surface area (Å²) in [6.07, 6.45) is -0.414. The van der Waals surface area contributed by atoms with Crippen molar-refractivity contribution in [3.8, 4) is 0 Å². The molecule has 0 heterocycles. The van der Waals surface area contributed by atoms with Crippen LogP contribution in [0.25, 0.3) is 0 Å². The van der Waals surface area contributed by atoms with Crippen LogP contribution < -0.4 is 0 Å². The van der Waals surface area contributed by atoms with E-state index in [4.69, 9.17) is 5.11 Å². The predicted octanol–water partition coefficient (Wildman–Crippen LogP) is 0.726. The van der Waals surface area contributed by atoms with Gasteiger partial charge in [-0.3, -0.25) is 0 Å². The van der Waals surface area contributed by atoms with Crippen molar-refractivity contribution in [2.45, 2.75) is 25.6 Å². The lowest BCUT2D eigenvalue weighted by Gasteiger charge is -2.49. The van der Waals surface area contributed by atoms with Gasteiger partial charge in [-0.25, -0.2) is 4.79 Å². The fraction of sp³-hybridized carbons (Fsp3) is 0.533. The van der Waals surface area contributed by atoms with E-state index in [1.54, 1.807) is 13.0 Å². The van der Waals surface area contributed by atoms with E-state index in [0.717, 1.165) is 0 Å².